The molecule has 3 aromatic carbocycles. The van der Waals surface area contributed by atoms with Gasteiger partial charge in [0.15, 0.2) is 0 Å². The van der Waals surface area contributed by atoms with Gasteiger partial charge in [-0.25, -0.2) is 4.39 Å². The second-order valence-electron chi connectivity index (χ2n) is 6.10. The van der Waals surface area contributed by atoms with E-state index in [1.165, 1.54) is 12.1 Å². The van der Waals surface area contributed by atoms with E-state index in [1.54, 1.807) is 42.6 Å². The minimum atomic E-state index is -3.18. The van der Waals surface area contributed by atoms with Gasteiger partial charge in [-0.15, -0.1) is 0 Å². The van der Waals surface area contributed by atoms with Gasteiger partial charge in [-0.05, 0) is 53.6 Å². The number of hydrogen-bond acceptors (Lipinski definition) is 4. The fourth-order valence-electron chi connectivity index (χ4n) is 2.84. The first-order valence-corrected chi connectivity index (χ1v) is 9.83. The quantitative estimate of drug-likeness (QED) is 0.396. The summed E-state index contributed by atoms with van der Waals surface area (Å²) < 4.78 is 36.8. The molecule has 27 heavy (non-hydrogen) atoms. The van der Waals surface area contributed by atoms with Crippen molar-refractivity contribution in [1.29, 1.82) is 0 Å². The van der Waals surface area contributed by atoms with Crippen LogP contribution < -0.4 is 4.72 Å². The molecule has 0 unspecified atom stereocenters. The van der Waals surface area contributed by atoms with Crippen molar-refractivity contribution in [2.24, 2.45) is 0 Å². The van der Waals surface area contributed by atoms with E-state index in [0.29, 0.717) is 10.6 Å². The lowest BCUT2D eigenvalue weighted by Gasteiger charge is -2.33. The van der Waals surface area contributed by atoms with Gasteiger partial charge in [0.1, 0.15) is 5.82 Å². The van der Waals surface area contributed by atoms with Gasteiger partial charge in [-0.1, -0.05) is 47.2 Å². The molecule has 0 radical (unpaired) electrons. The van der Waals surface area contributed by atoms with Crippen molar-refractivity contribution in [3.05, 3.63) is 90.9 Å². The molecule has 3 N–H and O–H groups in total. The molecule has 0 atom stereocenters. The average molecular weight is 380 g/mol. The van der Waals surface area contributed by atoms with E-state index in [9.17, 15) is 13.5 Å². The molecule has 4 aromatic rings. The first-order valence-electron chi connectivity index (χ1n) is 8.28. The molecule has 136 valence electrons. The zero-order valence-electron chi connectivity index (χ0n) is 14.2. The number of benzene rings is 3. The predicted molar refractivity (Wildman–Crippen MR) is 108 cm³/mol. The summed E-state index contributed by atoms with van der Waals surface area (Å²) in [5.74, 6) is -0.279. The number of pyridine rings is 1. The second kappa shape index (κ2) is 7.00. The Morgan fingerprint density at radius 2 is 1.52 bits per heavy atom. The molecule has 0 aliphatic carbocycles. The van der Waals surface area contributed by atoms with E-state index in [2.05, 4.69) is 9.71 Å². The van der Waals surface area contributed by atoms with Crippen LogP contribution >= 0.6 is 10.8 Å². The van der Waals surface area contributed by atoms with Crippen LogP contribution in [0, 0.1) is 5.82 Å². The third-order valence-corrected chi connectivity index (χ3v) is 5.64. The topological polar surface area (TPSA) is 65.4 Å². The highest BCUT2D eigenvalue weighted by Crippen LogP contribution is 2.47. The Morgan fingerprint density at radius 3 is 2.26 bits per heavy atom. The van der Waals surface area contributed by atoms with E-state index < -0.39 is 10.8 Å². The van der Waals surface area contributed by atoms with Crippen molar-refractivity contribution in [1.82, 2.24) is 4.98 Å². The lowest BCUT2D eigenvalue weighted by molar-refractivity contribution is 0.494. The van der Waals surface area contributed by atoms with E-state index in [-0.39, 0.29) is 5.82 Å². The normalized spacial score (nSPS) is 12.1. The Hall–Kier alpha value is -2.93. The molecular formula is C21H17FN2O2S. The number of hydrogen-bond donors (Lipinski definition) is 3. The third kappa shape index (κ3) is 3.78. The number of halogens is 1. The molecule has 0 spiro atoms. The summed E-state index contributed by atoms with van der Waals surface area (Å²) in [7, 11) is -3.18. The molecule has 1 aromatic heterocycles. The van der Waals surface area contributed by atoms with Gasteiger partial charge in [-0.2, -0.15) is 0 Å². The molecule has 4 nitrogen and oxygen atoms in total. The number of rotatable bonds is 4. The maximum atomic E-state index is 13.1. The number of aromatic nitrogens is 1. The monoisotopic (exact) mass is 380 g/mol. The van der Waals surface area contributed by atoms with Crippen LogP contribution in [0.15, 0.2) is 90.0 Å². The Balaban J connectivity index is 1.68. The fraction of sp³-hybridized carbons (Fsp3) is 0. The van der Waals surface area contributed by atoms with Crippen LogP contribution in [0.1, 0.15) is 0 Å². The van der Waals surface area contributed by atoms with Crippen LogP contribution in [0.25, 0.3) is 22.0 Å². The zero-order valence-corrected chi connectivity index (χ0v) is 15.0. The number of anilines is 1. The molecule has 0 saturated heterocycles. The van der Waals surface area contributed by atoms with Gasteiger partial charge in [0.05, 0.1) is 22.3 Å². The summed E-state index contributed by atoms with van der Waals surface area (Å²) in [6, 6.07) is 22.5. The van der Waals surface area contributed by atoms with Gasteiger partial charge in [0, 0.05) is 5.39 Å². The molecule has 0 amide bonds. The summed E-state index contributed by atoms with van der Waals surface area (Å²) in [4.78, 5) is 4.78. The van der Waals surface area contributed by atoms with E-state index in [1.807, 2.05) is 30.3 Å². The minimum absolute atomic E-state index is 0.279. The highest BCUT2D eigenvalue weighted by molar-refractivity contribution is 8.25. The van der Waals surface area contributed by atoms with Gasteiger partial charge in [0.25, 0.3) is 0 Å². The van der Waals surface area contributed by atoms with Crippen molar-refractivity contribution in [3.63, 3.8) is 0 Å². The summed E-state index contributed by atoms with van der Waals surface area (Å²) in [6.07, 6.45) is 1.57. The fourth-order valence-corrected chi connectivity index (χ4v) is 3.94. The standard InChI is InChI=1S/C21H17FN2O2S/c22-18-9-6-15(7-10-18)16-8-11-21-17(12-16)13-19(14-23-21)24-27(25,26)20-4-2-1-3-5-20/h1-14,24-26H. The van der Waals surface area contributed by atoms with Gasteiger partial charge < -0.3 is 0 Å². The summed E-state index contributed by atoms with van der Waals surface area (Å²) >= 11 is 0. The summed E-state index contributed by atoms with van der Waals surface area (Å²) in [6.45, 7) is 0. The smallest absolute Gasteiger partial charge is 0.123 e. The van der Waals surface area contributed by atoms with Crippen molar-refractivity contribution in [2.45, 2.75) is 4.90 Å². The van der Waals surface area contributed by atoms with Crippen molar-refractivity contribution in [3.8, 4) is 11.1 Å². The molecule has 0 fully saturated rings. The minimum Gasteiger partial charge on any atom is -0.279 e. The molecule has 6 heteroatoms. The predicted octanol–water partition coefficient (Wildman–Crippen LogP) is 6.18. The Labute approximate surface area is 157 Å². The molecule has 0 saturated carbocycles. The number of fused-ring (bicyclic) bond motifs is 1. The third-order valence-electron chi connectivity index (χ3n) is 4.19. The zero-order chi connectivity index (χ0) is 18.9. The Bertz CT molecular complexity index is 1090. The second-order valence-corrected chi connectivity index (χ2v) is 7.88. The molecule has 1 heterocycles. The number of nitrogens with one attached hydrogen (secondary N) is 1. The van der Waals surface area contributed by atoms with Crippen LogP contribution in [0.4, 0.5) is 10.1 Å². The SMILES string of the molecule is OS(O)(Nc1cnc2ccc(-c3ccc(F)cc3)cc2c1)c1ccccc1. The maximum absolute atomic E-state index is 13.1. The molecule has 0 aliphatic rings. The van der Waals surface area contributed by atoms with Crippen LogP contribution in [-0.4, -0.2) is 14.1 Å². The van der Waals surface area contributed by atoms with Gasteiger partial charge in [-0.3, -0.25) is 18.8 Å². The lowest BCUT2D eigenvalue weighted by atomic mass is 10.0. The van der Waals surface area contributed by atoms with Crippen LogP contribution in [0.2, 0.25) is 0 Å². The molecule has 0 aliphatic heterocycles. The van der Waals surface area contributed by atoms with E-state index in [0.717, 1.165) is 22.0 Å². The van der Waals surface area contributed by atoms with Crippen LogP contribution in [-0.2, 0) is 0 Å². The molecule has 0 bridgehead atoms. The first-order chi connectivity index (χ1) is 13.0. The Morgan fingerprint density at radius 1 is 0.815 bits per heavy atom. The highest BCUT2D eigenvalue weighted by Gasteiger charge is 2.15. The average Bonchev–Trinajstić information content (AvgIpc) is 2.68. The van der Waals surface area contributed by atoms with Crippen LogP contribution in [0.5, 0.6) is 0 Å². The van der Waals surface area contributed by atoms with E-state index in [4.69, 9.17) is 0 Å². The van der Waals surface area contributed by atoms with Crippen molar-refractivity contribution >= 4 is 27.4 Å². The van der Waals surface area contributed by atoms with E-state index >= 15 is 0 Å². The number of nitrogens with zero attached hydrogens (tertiary/aromatic N) is 1. The van der Waals surface area contributed by atoms with Crippen molar-refractivity contribution < 1.29 is 13.5 Å². The molecular weight excluding hydrogens is 363 g/mol. The van der Waals surface area contributed by atoms with Crippen molar-refractivity contribution in [2.75, 3.05) is 4.72 Å². The largest absolute Gasteiger partial charge is 0.279 e. The Kier molecular flexibility index (Phi) is 4.53. The van der Waals surface area contributed by atoms with Crippen LogP contribution in [0.3, 0.4) is 0 Å². The first kappa shape index (κ1) is 17.5. The highest BCUT2D eigenvalue weighted by atomic mass is 32.3. The summed E-state index contributed by atoms with van der Waals surface area (Å²) in [5, 5.41) is 0.838. The lowest BCUT2D eigenvalue weighted by Crippen LogP contribution is -2.09. The van der Waals surface area contributed by atoms with Gasteiger partial charge >= 0.3 is 0 Å². The maximum Gasteiger partial charge on any atom is 0.123 e. The van der Waals surface area contributed by atoms with Gasteiger partial charge in [0.2, 0.25) is 0 Å². The molecule has 4 rings (SSSR count). The summed E-state index contributed by atoms with van der Waals surface area (Å²) in [5.41, 5.74) is 3.10.